The summed E-state index contributed by atoms with van der Waals surface area (Å²) in [5.74, 6) is -0.545. The molecule has 1 aromatic carbocycles. The lowest BCUT2D eigenvalue weighted by molar-refractivity contribution is -0.121. The Bertz CT molecular complexity index is 427. The molecule has 0 amide bonds. The third-order valence-corrected chi connectivity index (χ3v) is 1.89. The Morgan fingerprint density at radius 2 is 1.81 bits per heavy atom. The van der Waals surface area contributed by atoms with E-state index in [-0.39, 0.29) is 18.0 Å². The van der Waals surface area contributed by atoms with E-state index in [1.54, 1.807) is 18.2 Å². The number of hydrogen-bond donors (Lipinski definition) is 1. The van der Waals surface area contributed by atoms with E-state index in [0.29, 0.717) is 0 Å². The number of phenols is 1. The molecule has 0 aliphatic heterocycles. The first-order valence-electron chi connectivity index (χ1n) is 4.69. The van der Waals surface area contributed by atoms with Gasteiger partial charge in [-0.2, -0.15) is 0 Å². The summed E-state index contributed by atoms with van der Waals surface area (Å²) in [5.41, 5.74) is 0.773. The smallest absolute Gasteiger partial charge is 0.163 e. The number of carbonyl (C=O) groups excluding carboxylic acids is 2. The van der Waals surface area contributed by atoms with E-state index in [9.17, 15) is 9.59 Å². The number of rotatable bonds is 5. The molecule has 0 heterocycles. The van der Waals surface area contributed by atoms with Gasteiger partial charge in [-0.05, 0) is 29.8 Å². The first-order valence-corrected chi connectivity index (χ1v) is 4.69. The molecule has 1 radical (unpaired) electrons. The highest BCUT2D eigenvalue weighted by atomic mass is 16.3. The fourth-order valence-electron chi connectivity index (χ4n) is 1.06. The maximum absolute atomic E-state index is 11.2. The molecule has 3 heteroatoms. The van der Waals surface area contributed by atoms with Crippen LogP contribution in [0.3, 0.4) is 0 Å². The maximum Gasteiger partial charge on any atom is 0.163 e. The molecule has 0 aliphatic rings. The van der Waals surface area contributed by atoms with Gasteiger partial charge in [0.1, 0.15) is 5.75 Å². The molecule has 16 heavy (non-hydrogen) atoms. The first kappa shape index (κ1) is 11.9. The van der Waals surface area contributed by atoms with Crippen LogP contribution in [-0.4, -0.2) is 16.7 Å². The van der Waals surface area contributed by atoms with E-state index in [2.05, 4.69) is 0 Å². The molecule has 0 saturated heterocycles. The third-order valence-electron chi connectivity index (χ3n) is 1.89. The normalized spacial score (nSPS) is 10.2. The van der Waals surface area contributed by atoms with Gasteiger partial charge in [0.25, 0.3) is 0 Å². The van der Waals surface area contributed by atoms with Crippen molar-refractivity contribution < 1.29 is 14.7 Å². The van der Waals surface area contributed by atoms with Crippen LogP contribution in [0, 0.1) is 6.58 Å². The zero-order chi connectivity index (χ0) is 12.0. The molecule has 0 fully saturated rings. The molecule has 0 saturated carbocycles. The highest BCUT2D eigenvalue weighted by Crippen LogP contribution is 2.10. The van der Waals surface area contributed by atoms with E-state index < -0.39 is 5.78 Å². The van der Waals surface area contributed by atoms with Crippen molar-refractivity contribution in [1.82, 2.24) is 0 Å². The summed E-state index contributed by atoms with van der Waals surface area (Å²) in [7, 11) is 0. The quantitative estimate of drug-likeness (QED) is 0.603. The van der Waals surface area contributed by atoms with Gasteiger partial charge < -0.3 is 5.11 Å². The zero-order valence-electron chi connectivity index (χ0n) is 8.59. The molecular weight excluding hydrogens is 204 g/mol. The number of carbonyl (C=O) groups is 2. The van der Waals surface area contributed by atoms with Gasteiger partial charge in [0.15, 0.2) is 11.6 Å². The number of allylic oxidation sites excluding steroid dienone is 2. The number of benzene rings is 1. The summed E-state index contributed by atoms with van der Waals surface area (Å²) >= 11 is 0. The Morgan fingerprint density at radius 3 is 2.38 bits per heavy atom. The minimum absolute atomic E-state index is 0.163. The lowest BCUT2D eigenvalue weighted by Crippen LogP contribution is -2.01. The van der Waals surface area contributed by atoms with E-state index in [4.69, 9.17) is 11.7 Å². The van der Waals surface area contributed by atoms with Crippen molar-refractivity contribution in [2.75, 3.05) is 0 Å². The van der Waals surface area contributed by atoms with Gasteiger partial charge in [-0.3, -0.25) is 9.59 Å². The fraction of sp³-hybridized carbons (Fsp3) is 0.0769. The SMILES string of the molecule is [CH]=CC(=O)CC(=O)/C=C/c1ccc(O)cc1. The molecule has 0 aliphatic carbocycles. The molecule has 81 valence electrons. The van der Waals surface area contributed by atoms with Gasteiger partial charge in [0.2, 0.25) is 0 Å². The highest BCUT2D eigenvalue weighted by Gasteiger charge is 2.01. The zero-order valence-corrected chi connectivity index (χ0v) is 8.59. The second kappa shape index (κ2) is 5.66. The molecule has 1 N–H and O–H groups in total. The van der Waals surface area contributed by atoms with E-state index in [0.717, 1.165) is 11.6 Å². The van der Waals surface area contributed by atoms with E-state index >= 15 is 0 Å². The van der Waals surface area contributed by atoms with Gasteiger partial charge in [-0.1, -0.05) is 24.8 Å². The summed E-state index contributed by atoms with van der Waals surface area (Å²) in [6.45, 7) is 4.97. The predicted octanol–water partition coefficient (Wildman–Crippen LogP) is 1.92. The van der Waals surface area contributed by atoms with Gasteiger partial charge in [-0.25, -0.2) is 0 Å². The van der Waals surface area contributed by atoms with Crippen molar-refractivity contribution in [2.24, 2.45) is 0 Å². The van der Waals surface area contributed by atoms with Crippen LogP contribution >= 0.6 is 0 Å². The summed E-state index contributed by atoms with van der Waals surface area (Å²) in [6.07, 6.45) is 3.55. The Kier molecular flexibility index (Phi) is 4.21. The van der Waals surface area contributed by atoms with Crippen LogP contribution in [0.15, 0.2) is 36.4 Å². The topological polar surface area (TPSA) is 54.4 Å². The lowest BCUT2D eigenvalue weighted by Gasteiger charge is -1.94. The Morgan fingerprint density at radius 1 is 1.19 bits per heavy atom. The van der Waals surface area contributed by atoms with Crippen molar-refractivity contribution in [3.63, 3.8) is 0 Å². The molecule has 1 aromatic rings. The van der Waals surface area contributed by atoms with Gasteiger partial charge in [0.05, 0.1) is 6.42 Å². The second-order valence-corrected chi connectivity index (χ2v) is 3.20. The van der Waals surface area contributed by atoms with E-state index in [1.165, 1.54) is 18.2 Å². The Balaban J connectivity index is 2.59. The number of ketones is 2. The van der Waals surface area contributed by atoms with Gasteiger partial charge >= 0.3 is 0 Å². The van der Waals surface area contributed by atoms with Crippen LogP contribution in [-0.2, 0) is 9.59 Å². The standard InChI is InChI=1S/C13H11O3/c1-2-11(14)9-13(16)8-5-10-3-6-12(15)7-4-10/h1-8,15H,9H2/b2-1?,8-5+. The van der Waals surface area contributed by atoms with Gasteiger partial charge in [0, 0.05) is 0 Å². The average Bonchev–Trinajstić information content (AvgIpc) is 2.28. The molecule has 0 unspecified atom stereocenters. The number of phenolic OH excluding ortho intramolecular Hbond substituents is 1. The Hall–Kier alpha value is -2.16. The number of aromatic hydroxyl groups is 1. The summed E-state index contributed by atoms with van der Waals surface area (Å²) < 4.78 is 0. The largest absolute Gasteiger partial charge is 0.508 e. The van der Waals surface area contributed by atoms with Crippen molar-refractivity contribution in [2.45, 2.75) is 6.42 Å². The molecule has 0 bridgehead atoms. The highest BCUT2D eigenvalue weighted by molar-refractivity contribution is 6.09. The predicted molar refractivity (Wildman–Crippen MR) is 60.6 cm³/mol. The van der Waals surface area contributed by atoms with Crippen LogP contribution in [0.25, 0.3) is 6.08 Å². The monoisotopic (exact) mass is 215 g/mol. The molecule has 3 nitrogen and oxygen atoms in total. The fourth-order valence-corrected chi connectivity index (χ4v) is 1.06. The summed E-state index contributed by atoms with van der Waals surface area (Å²) in [5, 5.41) is 9.03. The molecule has 0 spiro atoms. The van der Waals surface area contributed by atoms with Gasteiger partial charge in [-0.15, -0.1) is 0 Å². The minimum atomic E-state index is -0.402. The lowest BCUT2D eigenvalue weighted by atomic mass is 10.1. The van der Waals surface area contributed by atoms with Crippen molar-refractivity contribution in [1.29, 1.82) is 0 Å². The van der Waals surface area contributed by atoms with Crippen LogP contribution in [0.5, 0.6) is 5.75 Å². The third kappa shape index (κ3) is 3.92. The van der Waals surface area contributed by atoms with Crippen molar-refractivity contribution in [3.05, 3.63) is 48.6 Å². The second-order valence-electron chi connectivity index (χ2n) is 3.20. The summed E-state index contributed by atoms with van der Waals surface area (Å²) in [6, 6.07) is 6.36. The van der Waals surface area contributed by atoms with Crippen LogP contribution in [0.2, 0.25) is 0 Å². The number of hydrogen-bond acceptors (Lipinski definition) is 3. The molecular formula is C13H11O3. The molecule has 0 aromatic heterocycles. The molecule has 0 atom stereocenters. The minimum Gasteiger partial charge on any atom is -0.508 e. The van der Waals surface area contributed by atoms with E-state index in [1.807, 2.05) is 0 Å². The summed E-state index contributed by atoms with van der Waals surface area (Å²) in [4.78, 5) is 22.0. The van der Waals surface area contributed by atoms with Crippen molar-refractivity contribution in [3.8, 4) is 5.75 Å². The van der Waals surface area contributed by atoms with Crippen LogP contribution < -0.4 is 0 Å². The molecule has 1 rings (SSSR count). The van der Waals surface area contributed by atoms with Crippen molar-refractivity contribution >= 4 is 17.6 Å². The Labute approximate surface area is 93.7 Å². The average molecular weight is 215 g/mol. The van der Waals surface area contributed by atoms with Crippen LogP contribution in [0.4, 0.5) is 0 Å². The van der Waals surface area contributed by atoms with Crippen LogP contribution in [0.1, 0.15) is 12.0 Å². The maximum atomic E-state index is 11.2. The first-order chi connectivity index (χ1) is 7.61.